The zero-order valence-corrected chi connectivity index (χ0v) is 10.3. The van der Waals surface area contributed by atoms with Crippen LogP contribution in [-0.4, -0.2) is 34.7 Å². The van der Waals surface area contributed by atoms with Crippen LogP contribution in [0.25, 0.3) is 0 Å². The van der Waals surface area contributed by atoms with Crippen molar-refractivity contribution in [3.05, 3.63) is 23.8 Å². The predicted octanol–water partition coefficient (Wildman–Crippen LogP) is 1.17. The maximum Gasteiger partial charge on any atom is 0.339 e. The van der Waals surface area contributed by atoms with Crippen molar-refractivity contribution in [3.8, 4) is 5.75 Å². The summed E-state index contributed by atoms with van der Waals surface area (Å²) in [6, 6.07) is 4.17. The average molecular weight is 264 g/mol. The predicted molar refractivity (Wildman–Crippen MR) is 69.3 cm³/mol. The molecule has 4 N–H and O–H groups in total. The Hall–Kier alpha value is -2.08. The first-order chi connectivity index (χ1) is 9.06. The van der Waals surface area contributed by atoms with E-state index < -0.39 is 5.97 Å². The second kappa shape index (κ2) is 5.71. The summed E-state index contributed by atoms with van der Waals surface area (Å²) < 4.78 is 0. The normalized spacial score (nSPS) is 18.2. The number of phenols is 1. The van der Waals surface area contributed by atoms with Crippen LogP contribution in [0.3, 0.4) is 0 Å². The van der Waals surface area contributed by atoms with Crippen LogP contribution in [0.2, 0.25) is 0 Å². The lowest BCUT2D eigenvalue weighted by Gasteiger charge is -2.11. The lowest BCUT2D eigenvalue weighted by Crippen LogP contribution is -2.27. The molecule has 1 atom stereocenters. The number of carboxylic acid groups (broad SMARTS) is 1. The zero-order valence-electron chi connectivity index (χ0n) is 10.3. The molecule has 1 fully saturated rings. The molecule has 1 aromatic carbocycles. The highest BCUT2D eigenvalue weighted by Crippen LogP contribution is 2.21. The molecule has 1 aliphatic heterocycles. The number of amides is 1. The van der Waals surface area contributed by atoms with Gasteiger partial charge < -0.3 is 20.8 Å². The maximum atomic E-state index is 11.8. The standard InChI is InChI=1S/C13H16N2O4/c16-11-4-3-9(6-10(11)13(18)19)15-12(17)7-8-2-1-5-14-8/h3-4,6,8,14,16H,1-2,5,7H2,(H,15,17)(H,18,19). The summed E-state index contributed by atoms with van der Waals surface area (Å²) in [4.78, 5) is 22.6. The van der Waals surface area contributed by atoms with Crippen molar-refractivity contribution in [2.45, 2.75) is 25.3 Å². The molecule has 6 nitrogen and oxygen atoms in total. The van der Waals surface area contributed by atoms with Crippen LogP contribution in [0, 0.1) is 0 Å². The third-order valence-corrected chi connectivity index (χ3v) is 3.10. The van der Waals surface area contributed by atoms with Crippen molar-refractivity contribution in [3.63, 3.8) is 0 Å². The number of carboxylic acids is 1. The molecule has 19 heavy (non-hydrogen) atoms. The van der Waals surface area contributed by atoms with Crippen LogP contribution < -0.4 is 10.6 Å². The molecule has 1 heterocycles. The maximum absolute atomic E-state index is 11.8. The molecule has 0 saturated carbocycles. The summed E-state index contributed by atoms with van der Waals surface area (Å²) >= 11 is 0. The Bertz CT molecular complexity index is 495. The van der Waals surface area contributed by atoms with Crippen molar-refractivity contribution in [2.75, 3.05) is 11.9 Å². The molecular weight excluding hydrogens is 248 g/mol. The van der Waals surface area contributed by atoms with Crippen LogP contribution in [-0.2, 0) is 4.79 Å². The van der Waals surface area contributed by atoms with Gasteiger partial charge in [0.2, 0.25) is 5.91 Å². The molecule has 0 aliphatic carbocycles. The van der Waals surface area contributed by atoms with Crippen molar-refractivity contribution in [1.82, 2.24) is 5.32 Å². The summed E-state index contributed by atoms with van der Waals surface area (Å²) in [5.41, 5.74) is 0.148. The topological polar surface area (TPSA) is 98.7 Å². The Labute approximate surface area is 110 Å². The quantitative estimate of drug-likeness (QED) is 0.612. The summed E-state index contributed by atoms with van der Waals surface area (Å²) in [6.45, 7) is 0.931. The van der Waals surface area contributed by atoms with E-state index in [0.29, 0.717) is 12.1 Å². The van der Waals surface area contributed by atoms with Gasteiger partial charge in [0.1, 0.15) is 11.3 Å². The summed E-state index contributed by atoms with van der Waals surface area (Å²) in [7, 11) is 0. The number of benzene rings is 1. The Balaban J connectivity index is 2.00. The van der Waals surface area contributed by atoms with Gasteiger partial charge in [-0.05, 0) is 37.6 Å². The van der Waals surface area contributed by atoms with Gasteiger partial charge in [-0.15, -0.1) is 0 Å². The van der Waals surface area contributed by atoms with Gasteiger partial charge in [-0.2, -0.15) is 0 Å². The van der Waals surface area contributed by atoms with Gasteiger partial charge in [-0.1, -0.05) is 0 Å². The molecule has 6 heteroatoms. The van der Waals surface area contributed by atoms with E-state index in [1.54, 1.807) is 0 Å². The van der Waals surface area contributed by atoms with E-state index in [2.05, 4.69) is 10.6 Å². The fraction of sp³-hybridized carbons (Fsp3) is 0.385. The van der Waals surface area contributed by atoms with Gasteiger partial charge in [-0.3, -0.25) is 4.79 Å². The van der Waals surface area contributed by atoms with E-state index >= 15 is 0 Å². The van der Waals surface area contributed by atoms with Gasteiger partial charge in [0.15, 0.2) is 0 Å². The Morgan fingerprint density at radius 1 is 1.42 bits per heavy atom. The van der Waals surface area contributed by atoms with E-state index in [1.807, 2.05) is 0 Å². The number of aromatic carboxylic acids is 1. The van der Waals surface area contributed by atoms with Gasteiger partial charge >= 0.3 is 5.97 Å². The highest BCUT2D eigenvalue weighted by molar-refractivity contribution is 5.95. The van der Waals surface area contributed by atoms with Gasteiger partial charge in [0.05, 0.1) is 0 Å². The number of anilines is 1. The first-order valence-electron chi connectivity index (χ1n) is 6.16. The van der Waals surface area contributed by atoms with Crippen LogP contribution in [0.4, 0.5) is 5.69 Å². The Kier molecular flexibility index (Phi) is 4.01. The Morgan fingerprint density at radius 2 is 2.21 bits per heavy atom. The fourth-order valence-corrected chi connectivity index (χ4v) is 2.15. The highest BCUT2D eigenvalue weighted by atomic mass is 16.4. The van der Waals surface area contributed by atoms with Crippen LogP contribution in [0.1, 0.15) is 29.6 Å². The number of nitrogens with one attached hydrogen (secondary N) is 2. The van der Waals surface area contributed by atoms with E-state index in [0.717, 1.165) is 19.4 Å². The average Bonchev–Trinajstić information content (AvgIpc) is 2.84. The van der Waals surface area contributed by atoms with Crippen molar-refractivity contribution >= 4 is 17.6 Å². The van der Waals surface area contributed by atoms with Gasteiger partial charge in [0.25, 0.3) is 0 Å². The third kappa shape index (κ3) is 3.45. The number of aromatic hydroxyl groups is 1. The molecular formula is C13H16N2O4. The van der Waals surface area contributed by atoms with Gasteiger partial charge in [0, 0.05) is 18.2 Å². The van der Waals surface area contributed by atoms with Crippen molar-refractivity contribution in [1.29, 1.82) is 0 Å². The lowest BCUT2D eigenvalue weighted by molar-refractivity contribution is -0.116. The molecule has 0 bridgehead atoms. The molecule has 0 radical (unpaired) electrons. The molecule has 2 rings (SSSR count). The summed E-state index contributed by atoms with van der Waals surface area (Å²) in [6.07, 6.45) is 2.41. The minimum absolute atomic E-state index is 0.165. The van der Waals surface area contributed by atoms with Crippen molar-refractivity contribution in [2.24, 2.45) is 0 Å². The first kappa shape index (κ1) is 13.4. The Morgan fingerprint density at radius 3 is 2.84 bits per heavy atom. The second-order valence-corrected chi connectivity index (χ2v) is 4.58. The lowest BCUT2D eigenvalue weighted by atomic mass is 10.1. The number of hydrogen-bond donors (Lipinski definition) is 4. The fourth-order valence-electron chi connectivity index (χ4n) is 2.15. The third-order valence-electron chi connectivity index (χ3n) is 3.10. The largest absolute Gasteiger partial charge is 0.507 e. The molecule has 1 unspecified atom stereocenters. The monoisotopic (exact) mass is 264 g/mol. The van der Waals surface area contributed by atoms with E-state index in [-0.39, 0.29) is 23.3 Å². The molecule has 1 aliphatic rings. The molecule has 1 aromatic rings. The number of carbonyl (C=O) groups excluding carboxylic acids is 1. The molecule has 0 aromatic heterocycles. The number of rotatable bonds is 4. The van der Waals surface area contributed by atoms with Crippen molar-refractivity contribution < 1.29 is 19.8 Å². The van der Waals surface area contributed by atoms with E-state index in [9.17, 15) is 14.7 Å². The van der Waals surface area contributed by atoms with Crippen LogP contribution in [0.15, 0.2) is 18.2 Å². The molecule has 0 spiro atoms. The minimum Gasteiger partial charge on any atom is -0.507 e. The molecule has 102 valence electrons. The van der Waals surface area contributed by atoms with Crippen LogP contribution >= 0.6 is 0 Å². The summed E-state index contributed by atoms with van der Waals surface area (Å²) in [5.74, 6) is -1.71. The second-order valence-electron chi connectivity index (χ2n) is 4.58. The van der Waals surface area contributed by atoms with E-state index in [1.165, 1.54) is 18.2 Å². The highest BCUT2D eigenvalue weighted by Gasteiger charge is 2.18. The molecule has 1 amide bonds. The zero-order chi connectivity index (χ0) is 13.8. The number of carbonyl (C=O) groups is 2. The number of hydrogen-bond acceptors (Lipinski definition) is 4. The van der Waals surface area contributed by atoms with Gasteiger partial charge in [-0.25, -0.2) is 4.79 Å². The van der Waals surface area contributed by atoms with Crippen LogP contribution in [0.5, 0.6) is 5.75 Å². The summed E-state index contributed by atoms with van der Waals surface area (Å²) in [5, 5.41) is 24.1. The smallest absolute Gasteiger partial charge is 0.339 e. The van der Waals surface area contributed by atoms with E-state index in [4.69, 9.17) is 5.11 Å². The minimum atomic E-state index is -1.23. The SMILES string of the molecule is O=C(CC1CCCN1)Nc1ccc(O)c(C(=O)O)c1. The molecule has 1 saturated heterocycles. The first-order valence-corrected chi connectivity index (χ1v) is 6.16.